The second-order valence-electron chi connectivity index (χ2n) is 1.89. The zero-order valence-electron chi connectivity index (χ0n) is 4.68. The first-order valence-electron chi connectivity index (χ1n) is 2.86. The highest BCUT2D eigenvalue weighted by molar-refractivity contribution is 6.35. The van der Waals surface area contributed by atoms with Crippen LogP contribution in [0.5, 0.6) is 0 Å². The fourth-order valence-electron chi connectivity index (χ4n) is 0.557. The van der Waals surface area contributed by atoms with E-state index in [0.29, 0.717) is 6.10 Å². The van der Waals surface area contributed by atoms with Gasteiger partial charge in [-0.05, 0) is 0 Å². The summed E-state index contributed by atoms with van der Waals surface area (Å²) in [6.07, 6.45) is 2.94. The van der Waals surface area contributed by atoms with Gasteiger partial charge in [-0.1, -0.05) is 19.6 Å². The number of rotatable bonds is 3. The number of hydrogen-bond donors (Lipinski definition) is 0. The summed E-state index contributed by atoms with van der Waals surface area (Å²) in [4.78, 5) is 0. The van der Waals surface area contributed by atoms with E-state index in [1.807, 2.05) is 0 Å². The summed E-state index contributed by atoms with van der Waals surface area (Å²) < 4.78 is 4.98. The minimum atomic E-state index is 0.597. The Balaban J connectivity index is 1.80. The molecule has 0 amide bonds. The zero-order valence-corrected chi connectivity index (χ0v) is 4.68. The van der Waals surface area contributed by atoms with E-state index in [2.05, 4.69) is 14.2 Å². The Kier molecular flexibility index (Phi) is 1.74. The van der Waals surface area contributed by atoms with Crippen LogP contribution in [0.4, 0.5) is 0 Å². The van der Waals surface area contributed by atoms with Gasteiger partial charge in [0.1, 0.15) is 7.28 Å². The molecule has 0 aromatic rings. The predicted octanol–water partition coefficient (Wildman–Crippen LogP) is 0.946. The van der Waals surface area contributed by atoms with Crippen LogP contribution >= 0.6 is 0 Å². The van der Waals surface area contributed by atoms with Crippen LogP contribution in [-0.2, 0) is 4.74 Å². The molecule has 1 aliphatic rings. The molecule has 1 radical (unpaired) electrons. The van der Waals surface area contributed by atoms with Gasteiger partial charge in [0.2, 0.25) is 0 Å². The maximum absolute atomic E-state index is 4.98. The van der Waals surface area contributed by atoms with Gasteiger partial charge in [-0.3, -0.25) is 0 Å². The molecular formula is C5H10BO. The van der Waals surface area contributed by atoms with Crippen molar-refractivity contribution in [2.24, 2.45) is 0 Å². The van der Waals surface area contributed by atoms with Crippen LogP contribution in [0.25, 0.3) is 0 Å². The average molecular weight is 96.9 g/mol. The summed E-state index contributed by atoms with van der Waals surface area (Å²) in [5.41, 5.74) is 0. The molecule has 0 aromatic heterocycles. The predicted molar refractivity (Wildman–Crippen MR) is 30.8 cm³/mol. The monoisotopic (exact) mass is 97.1 g/mol. The van der Waals surface area contributed by atoms with E-state index < -0.39 is 0 Å². The summed E-state index contributed by atoms with van der Waals surface area (Å²) in [6, 6.07) is 0. The molecule has 1 heterocycles. The largest absolute Gasteiger partial charge is 0.374 e. The highest BCUT2D eigenvalue weighted by atomic mass is 16.6. The zero-order chi connectivity index (χ0) is 5.11. The lowest BCUT2D eigenvalue weighted by Crippen LogP contribution is -1.90. The number of epoxide rings is 1. The van der Waals surface area contributed by atoms with Gasteiger partial charge in [0.25, 0.3) is 0 Å². The normalized spacial score (nSPS) is 27.3. The fraction of sp³-hybridized carbons (Fsp3) is 1.00. The molecule has 1 nitrogen and oxygen atoms in total. The first-order valence-corrected chi connectivity index (χ1v) is 2.86. The smallest absolute Gasteiger partial charge is 0.112 e. The summed E-state index contributed by atoms with van der Waals surface area (Å²) in [7, 11) is 2.26. The molecule has 0 aromatic carbocycles. The van der Waals surface area contributed by atoms with Gasteiger partial charge >= 0.3 is 0 Å². The van der Waals surface area contributed by atoms with Gasteiger partial charge in [0, 0.05) is 0 Å². The highest BCUT2D eigenvalue weighted by Crippen LogP contribution is 2.13. The van der Waals surface area contributed by atoms with Gasteiger partial charge in [-0.2, -0.15) is 0 Å². The molecule has 0 aliphatic carbocycles. The third-order valence-electron chi connectivity index (χ3n) is 1.12. The minimum absolute atomic E-state index is 0.597. The van der Waals surface area contributed by atoms with Crippen molar-refractivity contribution in [3.05, 3.63) is 0 Å². The maximum Gasteiger partial charge on any atom is 0.112 e. The molecule has 39 valence electrons. The van der Waals surface area contributed by atoms with E-state index in [4.69, 9.17) is 4.74 Å². The molecule has 1 unspecified atom stereocenters. The molecule has 1 saturated heterocycles. The van der Waals surface area contributed by atoms with Crippen LogP contribution in [0.2, 0.25) is 12.6 Å². The lowest BCUT2D eigenvalue weighted by molar-refractivity contribution is 0.422. The maximum atomic E-state index is 4.98. The molecule has 1 aliphatic heterocycles. The Morgan fingerprint density at radius 3 is 3.00 bits per heavy atom. The fourth-order valence-corrected chi connectivity index (χ4v) is 0.557. The van der Waals surface area contributed by atoms with Crippen molar-refractivity contribution >= 4 is 7.28 Å². The van der Waals surface area contributed by atoms with Gasteiger partial charge in [-0.25, -0.2) is 0 Å². The Hall–Kier alpha value is 0.0249. The molecule has 0 spiro atoms. The van der Waals surface area contributed by atoms with Crippen molar-refractivity contribution in [3.63, 3.8) is 0 Å². The lowest BCUT2D eigenvalue weighted by atomic mass is 9.71. The lowest BCUT2D eigenvalue weighted by Gasteiger charge is -1.83. The van der Waals surface area contributed by atoms with E-state index in [-0.39, 0.29) is 0 Å². The third kappa shape index (κ3) is 1.98. The molecule has 0 saturated carbocycles. The first kappa shape index (κ1) is 5.17. The minimum Gasteiger partial charge on any atom is -0.374 e. The second-order valence-corrected chi connectivity index (χ2v) is 1.89. The SMILES string of the molecule is CC[B]CC1CO1. The standard InChI is InChI=1S/C5H10BO/c1-2-6-3-5-4-7-5/h5H,2-4H2,1H3. The van der Waals surface area contributed by atoms with Crippen LogP contribution in [0.3, 0.4) is 0 Å². The third-order valence-corrected chi connectivity index (χ3v) is 1.12. The molecule has 1 atom stereocenters. The second kappa shape index (κ2) is 2.36. The highest BCUT2D eigenvalue weighted by Gasteiger charge is 2.20. The van der Waals surface area contributed by atoms with E-state index in [1.165, 1.54) is 6.32 Å². The number of hydrogen-bond acceptors (Lipinski definition) is 1. The van der Waals surface area contributed by atoms with Crippen molar-refractivity contribution in [1.29, 1.82) is 0 Å². The average Bonchev–Trinajstić information content (AvgIpc) is 2.42. The Labute approximate surface area is 45.3 Å². The summed E-state index contributed by atoms with van der Waals surface area (Å²) in [5, 5.41) is 0. The number of ether oxygens (including phenoxy) is 1. The Morgan fingerprint density at radius 2 is 2.57 bits per heavy atom. The molecule has 1 fully saturated rings. The molecular weight excluding hydrogens is 86.9 g/mol. The van der Waals surface area contributed by atoms with Crippen molar-refractivity contribution in [2.45, 2.75) is 25.7 Å². The topological polar surface area (TPSA) is 12.5 Å². The van der Waals surface area contributed by atoms with Gasteiger partial charge in [0.05, 0.1) is 12.7 Å². The first-order chi connectivity index (χ1) is 3.43. The van der Waals surface area contributed by atoms with Gasteiger partial charge < -0.3 is 4.74 Å². The van der Waals surface area contributed by atoms with Crippen LogP contribution < -0.4 is 0 Å². The van der Waals surface area contributed by atoms with Crippen LogP contribution in [0.1, 0.15) is 6.92 Å². The van der Waals surface area contributed by atoms with Crippen LogP contribution in [-0.4, -0.2) is 20.0 Å². The summed E-state index contributed by atoms with van der Waals surface area (Å²) in [6.45, 7) is 3.15. The van der Waals surface area contributed by atoms with Gasteiger partial charge in [-0.15, -0.1) is 0 Å². The Bertz CT molecular complexity index is 52.0. The van der Waals surface area contributed by atoms with E-state index in [1.54, 1.807) is 0 Å². The summed E-state index contributed by atoms with van der Waals surface area (Å²) in [5.74, 6) is 0. The van der Waals surface area contributed by atoms with Crippen LogP contribution in [0, 0.1) is 0 Å². The van der Waals surface area contributed by atoms with Gasteiger partial charge in [0.15, 0.2) is 0 Å². The molecule has 7 heavy (non-hydrogen) atoms. The quantitative estimate of drug-likeness (QED) is 0.377. The molecule has 0 bridgehead atoms. The molecule has 1 rings (SSSR count). The van der Waals surface area contributed by atoms with Crippen molar-refractivity contribution < 1.29 is 4.74 Å². The van der Waals surface area contributed by atoms with E-state index in [0.717, 1.165) is 12.9 Å². The van der Waals surface area contributed by atoms with Crippen molar-refractivity contribution in [1.82, 2.24) is 0 Å². The summed E-state index contributed by atoms with van der Waals surface area (Å²) >= 11 is 0. The van der Waals surface area contributed by atoms with Crippen molar-refractivity contribution in [2.75, 3.05) is 6.61 Å². The van der Waals surface area contributed by atoms with E-state index in [9.17, 15) is 0 Å². The van der Waals surface area contributed by atoms with Crippen LogP contribution in [0.15, 0.2) is 0 Å². The molecule has 2 heteroatoms. The Morgan fingerprint density at radius 1 is 1.86 bits per heavy atom. The van der Waals surface area contributed by atoms with Crippen molar-refractivity contribution in [3.8, 4) is 0 Å². The van der Waals surface area contributed by atoms with E-state index >= 15 is 0 Å². The molecule has 0 N–H and O–H groups in total.